The number of nitrogens with one attached hydrogen (secondary N) is 1. The molecule has 1 aliphatic carbocycles. The van der Waals surface area contributed by atoms with Crippen molar-refractivity contribution in [3.8, 4) is 0 Å². The number of hydrogen-bond acceptors (Lipinski definition) is 2. The summed E-state index contributed by atoms with van der Waals surface area (Å²) in [5.41, 5.74) is 2.30. The third-order valence-electron chi connectivity index (χ3n) is 5.59. The molecule has 1 heterocycles. The molecule has 3 rings (SSSR count). The molecule has 0 unspecified atom stereocenters. The van der Waals surface area contributed by atoms with Gasteiger partial charge in [0.1, 0.15) is 0 Å². The predicted octanol–water partition coefficient (Wildman–Crippen LogP) is 4.09. The molecule has 1 aromatic rings. The van der Waals surface area contributed by atoms with Gasteiger partial charge in [-0.15, -0.1) is 0 Å². The molecule has 0 spiro atoms. The summed E-state index contributed by atoms with van der Waals surface area (Å²) < 4.78 is 0. The number of fused-ring (bicyclic) bond motifs is 2. The van der Waals surface area contributed by atoms with E-state index in [1.165, 1.54) is 37.1 Å². The van der Waals surface area contributed by atoms with Crippen molar-refractivity contribution < 1.29 is 0 Å². The van der Waals surface area contributed by atoms with Gasteiger partial charge in [-0.05, 0) is 42.7 Å². The van der Waals surface area contributed by atoms with E-state index in [1.54, 1.807) is 0 Å². The fourth-order valence-corrected chi connectivity index (χ4v) is 5.53. The number of piperidine rings is 1. The second-order valence-corrected chi connectivity index (χ2v) is 7.72. The lowest BCUT2D eigenvalue weighted by atomic mass is 9.68. The van der Waals surface area contributed by atoms with Gasteiger partial charge in [0.15, 0.2) is 0 Å². The zero-order valence-electron chi connectivity index (χ0n) is 12.1. The van der Waals surface area contributed by atoms with Crippen LogP contribution in [0.4, 0.5) is 0 Å². The van der Waals surface area contributed by atoms with Crippen LogP contribution < -0.4 is 5.32 Å². The summed E-state index contributed by atoms with van der Waals surface area (Å²) >= 11 is 2.10. The van der Waals surface area contributed by atoms with Crippen molar-refractivity contribution in [2.24, 2.45) is 11.3 Å². The molecule has 2 atom stereocenters. The van der Waals surface area contributed by atoms with Crippen LogP contribution in [0.25, 0.3) is 0 Å². The lowest BCUT2D eigenvalue weighted by Gasteiger charge is -2.49. The minimum atomic E-state index is 0.384. The smallest absolute Gasteiger partial charge is 0.0325 e. The average Bonchev–Trinajstić information content (AvgIpc) is 2.59. The molecule has 2 bridgehead atoms. The first-order valence-electron chi connectivity index (χ1n) is 7.51. The zero-order chi connectivity index (χ0) is 13.3. The first-order chi connectivity index (χ1) is 9.14. The lowest BCUT2D eigenvalue weighted by molar-refractivity contribution is 0.0906. The summed E-state index contributed by atoms with van der Waals surface area (Å²) in [7, 11) is 0. The van der Waals surface area contributed by atoms with E-state index >= 15 is 0 Å². The molecule has 1 aliphatic heterocycles. The second-order valence-electron chi connectivity index (χ2n) is 6.73. The summed E-state index contributed by atoms with van der Waals surface area (Å²) in [4.78, 5) is 0. The van der Waals surface area contributed by atoms with Crippen molar-refractivity contribution >= 4 is 11.8 Å². The van der Waals surface area contributed by atoms with Crippen LogP contribution in [0.3, 0.4) is 0 Å². The summed E-state index contributed by atoms with van der Waals surface area (Å²) in [6.07, 6.45) is 4.16. The largest absolute Gasteiger partial charge is 0.310 e. The Balaban J connectivity index is 1.63. The third-order valence-corrected chi connectivity index (χ3v) is 6.82. The normalized spacial score (nSPS) is 32.4. The first-order valence-corrected chi connectivity index (χ1v) is 8.66. The highest BCUT2D eigenvalue weighted by molar-refractivity contribution is 7.98. The van der Waals surface area contributed by atoms with Gasteiger partial charge >= 0.3 is 0 Å². The second kappa shape index (κ2) is 5.14. The minimum absolute atomic E-state index is 0.384. The molecule has 1 saturated carbocycles. The molecule has 0 amide bonds. The predicted molar refractivity (Wildman–Crippen MR) is 84.5 cm³/mol. The van der Waals surface area contributed by atoms with Crippen molar-refractivity contribution in [1.82, 2.24) is 5.32 Å². The molecule has 2 aliphatic rings. The summed E-state index contributed by atoms with van der Waals surface area (Å²) in [6.45, 7) is 6.19. The number of thioether (sulfide) groups is 1. The van der Waals surface area contributed by atoms with Crippen molar-refractivity contribution in [3.05, 3.63) is 35.9 Å². The van der Waals surface area contributed by atoms with Crippen LogP contribution in [0, 0.1) is 11.3 Å². The van der Waals surface area contributed by atoms with Gasteiger partial charge in [-0.1, -0.05) is 44.2 Å². The fraction of sp³-hybridized carbons (Fsp3) is 0.647. The summed E-state index contributed by atoms with van der Waals surface area (Å²) in [5, 5.41) is 3.88. The highest BCUT2D eigenvalue weighted by Gasteiger charge is 2.55. The molecule has 1 saturated heterocycles. The first kappa shape index (κ1) is 13.5. The van der Waals surface area contributed by atoms with E-state index in [9.17, 15) is 0 Å². The van der Waals surface area contributed by atoms with E-state index in [1.807, 2.05) is 0 Å². The maximum absolute atomic E-state index is 3.88. The molecule has 2 fully saturated rings. The van der Waals surface area contributed by atoms with Crippen LogP contribution in [0.15, 0.2) is 30.3 Å². The molecule has 19 heavy (non-hydrogen) atoms. The highest BCUT2D eigenvalue weighted by Crippen LogP contribution is 2.54. The van der Waals surface area contributed by atoms with E-state index in [-0.39, 0.29) is 0 Å². The Morgan fingerprint density at radius 3 is 2.79 bits per heavy atom. The van der Waals surface area contributed by atoms with Gasteiger partial charge in [0.05, 0.1) is 0 Å². The number of rotatable bonds is 4. The Kier molecular flexibility index (Phi) is 3.65. The van der Waals surface area contributed by atoms with Crippen LogP contribution in [-0.4, -0.2) is 17.8 Å². The van der Waals surface area contributed by atoms with Crippen LogP contribution in [0.5, 0.6) is 0 Å². The molecule has 0 radical (unpaired) electrons. The van der Waals surface area contributed by atoms with Crippen molar-refractivity contribution in [2.45, 2.75) is 44.4 Å². The number of benzene rings is 1. The van der Waals surface area contributed by atoms with E-state index in [4.69, 9.17) is 0 Å². The van der Waals surface area contributed by atoms with Crippen molar-refractivity contribution in [2.75, 3.05) is 12.3 Å². The Labute approximate surface area is 121 Å². The van der Waals surface area contributed by atoms with Crippen molar-refractivity contribution in [3.63, 3.8) is 0 Å². The van der Waals surface area contributed by atoms with Gasteiger partial charge < -0.3 is 5.32 Å². The zero-order valence-corrected chi connectivity index (χ0v) is 12.9. The van der Waals surface area contributed by atoms with Gasteiger partial charge in [-0.25, -0.2) is 0 Å². The third kappa shape index (κ3) is 2.34. The molecular weight excluding hydrogens is 250 g/mol. The minimum Gasteiger partial charge on any atom is -0.310 e. The maximum Gasteiger partial charge on any atom is 0.0325 e. The van der Waals surface area contributed by atoms with Crippen LogP contribution >= 0.6 is 11.8 Å². The van der Waals surface area contributed by atoms with Gasteiger partial charge in [0, 0.05) is 17.0 Å². The molecule has 104 valence electrons. The molecule has 2 heteroatoms. The monoisotopic (exact) mass is 275 g/mol. The number of hydrogen-bond donors (Lipinski definition) is 1. The van der Waals surface area contributed by atoms with Crippen LogP contribution in [-0.2, 0) is 5.75 Å². The fourth-order valence-electron chi connectivity index (χ4n) is 4.03. The van der Waals surface area contributed by atoms with E-state index in [2.05, 4.69) is 61.3 Å². The highest BCUT2D eigenvalue weighted by atomic mass is 32.2. The van der Waals surface area contributed by atoms with Crippen LogP contribution in [0.2, 0.25) is 0 Å². The van der Waals surface area contributed by atoms with E-state index in [0.29, 0.717) is 11.0 Å². The van der Waals surface area contributed by atoms with Gasteiger partial charge in [-0.2, -0.15) is 11.8 Å². The quantitative estimate of drug-likeness (QED) is 0.888. The molecule has 0 aromatic heterocycles. The average molecular weight is 275 g/mol. The molecule has 1 aromatic carbocycles. The Bertz CT molecular complexity index is 424. The molecular formula is C17H25NS. The van der Waals surface area contributed by atoms with Gasteiger partial charge in [-0.3, -0.25) is 0 Å². The Hall–Kier alpha value is -0.470. The van der Waals surface area contributed by atoms with E-state index < -0.39 is 0 Å². The lowest BCUT2D eigenvalue weighted by Crippen LogP contribution is -2.59. The van der Waals surface area contributed by atoms with Crippen molar-refractivity contribution in [1.29, 1.82) is 0 Å². The Morgan fingerprint density at radius 1 is 1.21 bits per heavy atom. The molecule has 1 N–H and O–H groups in total. The maximum atomic E-state index is 3.88. The molecule has 1 nitrogen and oxygen atoms in total. The van der Waals surface area contributed by atoms with Gasteiger partial charge in [0.2, 0.25) is 0 Å². The van der Waals surface area contributed by atoms with Gasteiger partial charge in [0.25, 0.3) is 0 Å². The Morgan fingerprint density at radius 2 is 2.00 bits per heavy atom. The van der Waals surface area contributed by atoms with Crippen LogP contribution in [0.1, 0.15) is 38.7 Å². The summed E-state index contributed by atoms with van der Waals surface area (Å²) in [5.74, 6) is 3.34. The SMILES string of the molecule is CC1(C)[C@H]2CCN[C@]1(CSCc1ccccc1)CC2. The topological polar surface area (TPSA) is 12.0 Å². The summed E-state index contributed by atoms with van der Waals surface area (Å²) in [6, 6.07) is 10.9. The standard InChI is InChI=1S/C17H25NS/c1-16(2)15-8-10-17(16,18-11-9-15)13-19-12-14-6-4-3-5-7-14/h3-7,15,18H,8-13H2,1-2H3/t15-,17+/m1/s1. The van der Waals surface area contributed by atoms with E-state index in [0.717, 1.165) is 11.7 Å².